The van der Waals surface area contributed by atoms with Crippen LogP contribution in [0.4, 0.5) is 0 Å². The van der Waals surface area contributed by atoms with Crippen molar-refractivity contribution in [1.82, 2.24) is 0 Å². The molecule has 0 saturated heterocycles. The molecule has 2 aromatic carbocycles. The third kappa shape index (κ3) is 2.93. The monoisotopic (exact) mass is 349 g/mol. The minimum Gasteiger partial charge on any atom is -0.324 e. The van der Waals surface area contributed by atoms with Crippen molar-refractivity contribution in [3.8, 4) is 0 Å². The van der Waals surface area contributed by atoms with Gasteiger partial charge in [-0.15, -0.1) is 0 Å². The molecule has 1 unspecified atom stereocenters. The van der Waals surface area contributed by atoms with Gasteiger partial charge in [-0.2, -0.15) is 0 Å². The van der Waals surface area contributed by atoms with Gasteiger partial charge in [0.15, 0.2) is 0 Å². The second-order valence-corrected chi connectivity index (χ2v) is 7.04. The molecule has 0 bridgehead atoms. The third-order valence-corrected chi connectivity index (χ3v) is 4.96. The topological polar surface area (TPSA) is 26.0 Å². The molecular formula is C17H17BrClN. The third-order valence-electron chi connectivity index (χ3n) is 4.11. The Morgan fingerprint density at radius 2 is 1.90 bits per heavy atom. The predicted octanol–water partition coefficient (Wildman–Crippen LogP) is 4.53. The van der Waals surface area contributed by atoms with Crippen molar-refractivity contribution in [3.05, 3.63) is 68.7 Å². The van der Waals surface area contributed by atoms with Crippen molar-refractivity contribution in [3.63, 3.8) is 0 Å². The fourth-order valence-electron chi connectivity index (χ4n) is 3.02. The van der Waals surface area contributed by atoms with Gasteiger partial charge in [-0.1, -0.05) is 57.9 Å². The molecule has 0 spiro atoms. The van der Waals surface area contributed by atoms with Gasteiger partial charge in [-0.05, 0) is 54.5 Å². The van der Waals surface area contributed by atoms with Gasteiger partial charge in [-0.25, -0.2) is 0 Å². The molecule has 1 nitrogen and oxygen atoms in total. The van der Waals surface area contributed by atoms with Crippen molar-refractivity contribution < 1.29 is 0 Å². The van der Waals surface area contributed by atoms with Crippen LogP contribution in [0.15, 0.2) is 46.9 Å². The smallest absolute Gasteiger partial charge is 0.0449 e. The molecule has 1 atom stereocenters. The van der Waals surface area contributed by atoms with Gasteiger partial charge < -0.3 is 5.73 Å². The van der Waals surface area contributed by atoms with Crippen LogP contribution in [0.1, 0.15) is 23.1 Å². The second-order valence-electron chi connectivity index (χ2n) is 5.72. The Balaban J connectivity index is 1.84. The Kier molecular flexibility index (Phi) is 3.89. The van der Waals surface area contributed by atoms with Crippen LogP contribution in [0.5, 0.6) is 0 Å². The standard InChI is InChI=1S/C17H17BrClN/c18-15-6-5-14(16(19)9-15)11-17(20)8-7-12-3-1-2-4-13(12)10-17/h1-6,9H,7-8,10-11,20H2. The lowest BCUT2D eigenvalue weighted by Gasteiger charge is -2.35. The highest BCUT2D eigenvalue weighted by Crippen LogP contribution is 2.32. The number of halogens is 2. The van der Waals surface area contributed by atoms with Gasteiger partial charge in [0.05, 0.1) is 0 Å². The molecule has 1 aliphatic carbocycles. The highest BCUT2D eigenvalue weighted by Gasteiger charge is 2.31. The number of hydrogen-bond acceptors (Lipinski definition) is 1. The molecule has 0 heterocycles. The van der Waals surface area contributed by atoms with E-state index in [0.717, 1.165) is 40.7 Å². The van der Waals surface area contributed by atoms with Crippen LogP contribution in [0.2, 0.25) is 5.02 Å². The summed E-state index contributed by atoms with van der Waals surface area (Å²) in [5, 5.41) is 0.794. The number of rotatable bonds is 2. The molecule has 0 saturated carbocycles. The van der Waals surface area contributed by atoms with E-state index >= 15 is 0 Å². The zero-order valence-corrected chi connectivity index (χ0v) is 13.5. The lowest BCUT2D eigenvalue weighted by molar-refractivity contribution is 0.369. The van der Waals surface area contributed by atoms with Crippen LogP contribution < -0.4 is 5.73 Å². The average Bonchev–Trinajstić information content (AvgIpc) is 2.42. The molecule has 0 amide bonds. The SMILES string of the molecule is NC1(Cc2ccc(Br)cc2Cl)CCc2ccccc2C1. The van der Waals surface area contributed by atoms with Gasteiger partial charge >= 0.3 is 0 Å². The number of benzene rings is 2. The number of nitrogens with two attached hydrogens (primary N) is 1. The Bertz CT molecular complexity index is 641. The largest absolute Gasteiger partial charge is 0.324 e. The van der Waals surface area contributed by atoms with E-state index in [9.17, 15) is 0 Å². The summed E-state index contributed by atoms with van der Waals surface area (Å²) >= 11 is 9.77. The lowest BCUT2D eigenvalue weighted by atomic mass is 9.75. The minimum absolute atomic E-state index is 0.189. The maximum atomic E-state index is 6.64. The average molecular weight is 351 g/mol. The predicted molar refractivity (Wildman–Crippen MR) is 88.2 cm³/mol. The first kappa shape index (κ1) is 14.1. The summed E-state index contributed by atoms with van der Waals surface area (Å²) in [6.07, 6.45) is 3.82. The van der Waals surface area contributed by atoms with E-state index < -0.39 is 0 Å². The number of fused-ring (bicyclic) bond motifs is 1. The molecule has 20 heavy (non-hydrogen) atoms. The molecular weight excluding hydrogens is 334 g/mol. The summed E-state index contributed by atoms with van der Waals surface area (Å²) in [7, 11) is 0. The Morgan fingerprint density at radius 1 is 1.15 bits per heavy atom. The fourth-order valence-corrected chi connectivity index (χ4v) is 3.76. The van der Waals surface area contributed by atoms with Crippen molar-refractivity contribution in [2.45, 2.75) is 31.2 Å². The highest BCUT2D eigenvalue weighted by atomic mass is 79.9. The van der Waals surface area contributed by atoms with Crippen molar-refractivity contribution >= 4 is 27.5 Å². The van der Waals surface area contributed by atoms with Gasteiger partial charge in [-0.3, -0.25) is 0 Å². The van der Waals surface area contributed by atoms with Gasteiger partial charge in [0.25, 0.3) is 0 Å². The van der Waals surface area contributed by atoms with Crippen LogP contribution in [0.3, 0.4) is 0 Å². The quantitative estimate of drug-likeness (QED) is 0.846. The van der Waals surface area contributed by atoms with Gasteiger partial charge in [0.1, 0.15) is 0 Å². The molecule has 0 fully saturated rings. The van der Waals surface area contributed by atoms with Gasteiger partial charge in [0.2, 0.25) is 0 Å². The minimum atomic E-state index is -0.189. The summed E-state index contributed by atoms with van der Waals surface area (Å²) in [6.45, 7) is 0. The van der Waals surface area contributed by atoms with E-state index in [1.807, 2.05) is 12.1 Å². The normalized spacial score (nSPS) is 21.6. The number of aryl methyl sites for hydroxylation is 1. The Hall–Kier alpha value is -0.830. The second kappa shape index (κ2) is 5.51. The Morgan fingerprint density at radius 3 is 2.65 bits per heavy atom. The first-order chi connectivity index (χ1) is 9.56. The first-order valence-corrected chi connectivity index (χ1v) is 8.02. The van der Waals surface area contributed by atoms with Gasteiger partial charge in [0, 0.05) is 15.0 Å². The van der Waals surface area contributed by atoms with Crippen molar-refractivity contribution in [1.29, 1.82) is 0 Å². The summed E-state index contributed by atoms with van der Waals surface area (Å²) in [4.78, 5) is 0. The van der Waals surface area contributed by atoms with Crippen LogP contribution in [-0.2, 0) is 19.3 Å². The number of hydrogen-bond donors (Lipinski definition) is 1. The van der Waals surface area contributed by atoms with E-state index in [2.05, 4.69) is 46.3 Å². The lowest BCUT2D eigenvalue weighted by Crippen LogP contribution is -2.47. The molecule has 104 valence electrons. The maximum absolute atomic E-state index is 6.64. The van der Waals surface area contributed by atoms with Crippen LogP contribution >= 0.6 is 27.5 Å². The van der Waals surface area contributed by atoms with E-state index in [0.29, 0.717) is 0 Å². The fraction of sp³-hybridized carbons (Fsp3) is 0.294. The zero-order chi connectivity index (χ0) is 14.2. The molecule has 3 rings (SSSR count). The van der Waals surface area contributed by atoms with E-state index in [-0.39, 0.29) is 5.54 Å². The first-order valence-electron chi connectivity index (χ1n) is 6.85. The summed E-state index contributed by atoms with van der Waals surface area (Å²) in [5.74, 6) is 0. The molecule has 0 aromatic heterocycles. The Labute approximate surface area is 133 Å². The molecule has 3 heteroatoms. The van der Waals surface area contributed by atoms with E-state index in [4.69, 9.17) is 17.3 Å². The molecule has 0 radical (unpaired) electrons. The summed E-state index contributed by atoms with van der Waals surface area (Å²) < 4.78 is 1.01. The highest BCUT2D eigenvalue weighted by molar-refractivity contribution is 9.10. The zero-order valence-electron chi connectivity index (χ0n) is 11.2. The molecule has 0 aliphatic heterocycles. The van der Waals surface area contributed by atoms with E-state index in [1.54, 1.807) is 0 Å². The van der Waals surface area contributed by atoms with Crippen LogP contribution in [-0.4, -0.2) is 5.54 Å². The summed E-state index contributed by atoms with van der Waals surface area (Å²) in [5.41, 5.74) is 10.4. The molecule has 1 aliphatic rings. The van der Waals surface area contributed by atoms with Crippen LogP contribution in [0.25, 0.3) is 0 Å². The van der Waals surface area contributed by atoms with Crippen LogP contribution in [0, 0.1) is 0 Å². The van der Waals surface area contributed by atoms with Crippen molar-refractivity contribution in [2.24, 2.45) is 5.73 Å². The van der Waals surface area contributed by atoms with Crippen molar-refractivity contribution in [2.75, 3.05) is 0 Å². The van der Waals surface area contributed by atoms with E-state index in [1.165, 1.54) is 11.1 Å². The molecule has 2 N–H and O–H groups in total. The maximum Gasteiger partial charge on any atom is 0.0449 e. The molecule has 2 aromatic rings. The summed E-state index contributed by atoms with van der Waals surface area (Å²) in [6, 6.07) is 14.6.